The van der Waals surface area contributed by atoms with Crippen molar-refractivity contribution in [3.63, 3.8) is 0 Å². The van der Waals surface area contributed by atoms with E-state index in [-0.39, 0.29) is 12.3 Å². The Bertz CT molecular complexity index is 928. The molecule has 1 N–H and O–H groups in total. The van der Waals surface area contributed by atoms with Crippen LogP contribution in [0.3, 0.4) is 0 Å². The summed E-state index contributed by atoms with van der Waals surface area (Å²) in [4.78, 5) is 25.0. The molecule has 0 unspecified atom stereocenters. The average molecular weight is 399 g/mol. The van der Waals surface area contributed by atoms with E-state index in [2.05, 4.69) is 6.58 Å². The highest BCUT2D eigenvalue weighted by Crippen LogP contribution is 2.33. The van der Waals surface area contributed by atoms with Gasteiger partial charge in [0, 0.05) is 24.6 Å². The van der Waals surface area contributed by atoms with Gasteiger partial charge in [0.25, 0.3) is 5.91 Å². The lowest BCUT2D eigenvalue weighted by Crippen LogP contribution is -2.27. The molecular formula is C20H17NO4S2. The van der Waals surface area contributed by atoms with Crippen LogP contribution in [-0.4, -0.2) is 32.7 Å². The van der Waals surface area contributed by atoms with E-state index in [0.717, 1.165) is 11.1 Å². The number of aliphatic carboxylic acids is 1. The topological polar surface area (TPSA) is 70.8 Å². The molecule has 138 valence electrons. The molecule has 1 aliphatic rings. The molecule has 0 bridgehead atoms. The summed E-state index contributed by atoms with van der Waals surface area (Å²) in [6.07, 6.45) is 3.92. The van der Waals surface area contributed by atoms with Gasteiger partial charge >= 0.3 is 5.97 Å². The number of rotatable bonds is 7. The predicted molar refractivity (Wildman–Crippen MR) is 110 cm³/mol. The largest absolute Gasteiger partial charge is 0.481 e. The first-order valence-corrected chi connectivity index (χ1v) is 9.47. The van der Waals surface area contributed by atoms with E-state index in [1.165, 1.54) is 16.7 Å². The third-order valence-electron chi connectivity index (χ3n) is 3.95. The van der Waals surface area contributed by atoms with Crippen molar-refractivity contribution in [1.29, 1.82) is 0 Å². The molecule has 3 rings (SSSR count). The van der Waals surface area contributed by atoms with E-state index in [0.29, 0.717) is 33.7 Å². The van der Waals surface area contributed by atoms with E-state index < -0.39 is 5.97 Å². The van der Waals surface area contributed by atoms with Gasteiger partial charge in [-0.25, -0.2) is 0 Å². The molecule has 2 aromatic rings. The number of carboxylic acids is 1. The summed E-state index contributed by atoms with van der Waals surface area (Å²) in [5.74, 6) is 0.283. The fourth-order valence-electron chi connectivity index (χ4n) is 2.59. The van der Waals surface area contributed by atoms with E-state index in [4.69, 9.17) is 21.7 Å². The standard InChI is InChI=1S/C20H17NO4S2/c1-2-11-21-19(24)17(27-20(21)26)12-15-8-9-16(25-15)14-6-3-13(4-7-14)5-10-18(22)23/h2-4,6-9,12H,1,5,10-11H2,(H,22,23)/b17-12-. The summed E-state index contributed by atoms with van der Waals surface area (Å²) in [6.45, 7) is 4.02. The molecule has 2 heterocycles. The molecule has 27 heavy (non-hydrogen) atoms. The van der Waals surface area contributed by atoms with Crippen LogP contribution in [0.1, 0.15) is 17.7 Å². The van der Waals surface area contributed by atoms with Crippen molar-refractivity contribution in [2.24, 2.45) is 0 Å². The monoisotopic (exact) mass is 399 g/mol. The zero-order valence-corrected chi connectivity index (χ0v) is 16.0. The van der Waals surface area contributed by atoms with Gasteiger partial charge in [-0.2, -0.15) is 0 Å². The molecule has 1 amide bonds. The normalized spacial score (nSPS) is 15.6. The van der Waals surface area contributed by atoms with Gasteiger partial charge in [-0.1, -0.05) is 54.3 Å². The molecule has 0 radical (unpaired) electrons. The van der Waals surface area contributed by atoms with E-state index in [9.17, 15) is 9.59 Å². The lowest BCUT2D eigenvalue weighted by molar-refractivity contribution is -0.137. The van der Waals surface area contributed by atoms with Crippen LogP contribution in [0.2, 0.25) is 0 Å². The van der Waals surface area contributed by atoms with Crippen molar-refractivity contribution in [3.05, 3.63) is 65.3 Å². The number of hydrogen-bond donors (Lipinski definition) is 1. The number of carbonyl (C=O) groups is 2. The fraction of sp³-hybridized carbons (Fsp3) is 0.150. The van der Waals surface area contributed by atoms with Gasteiger partial charge in [-0.3, -0.25) is 14.5 Å². The Morgan fingerprint density at radius 3 is 2.67 bits per heavy atom. The lowest BCUT2D eigenvalue weighted by atomic mass is 10.1. The van der Waals surface area contributed by atoms with E-state index in [1.54, 1.807) is 18.2 Å². The van der Waals surface area contributed by atoms with Crippen LogP contribution in [0.15, 0.2) is 58.4 Å². The van der Waals surface area contributed by atoms with Gasteiger partial charge in [0.2, 0.25) is 0 Å². The van der Waals surface area contributed by atoms with Gasteiger partial charge in [0.15, 0.2) is 0 Å². The highest BCUT2D eigenvalue weighted by Gasteiger charge is 2.31. The second kappa shape index (κ2) is 8.37. The smallest absolute Gasteiger partial charge is 0.303 e. The number of carbonyl (C=O) groups excluding carboxylic acids is 1. The zero-order valence-electron chi connectivity index (χ0n) is 14.4. The number of carboxylic acid groups (broad SMARTS) is 1. The summed E-state index contributed by atoms with van der Waals surface area (Å²) >= 11 is 6.46. The van der Waals surface area contributed by atoms with Crippen LogP contribution < -0.4 is 0 Å². The summed E-state index contributed by atoms with van der Waals surface area (Å²) in [5, 5.41) is 8.75. The molecule has 1 saturated heterocycles. The Hall–Kier alpha value is -2.64. The van der Waals surface area contributed by atoms with Gasteiger partial charge in [0.05, 0.1) is 4.91 Å². The van der Waals surface area contributed by atoms with Crippen LogP contribution in [0.4, 0.5) is 0 Å². The molecule has 1 fully saturated rings. The molecule has 1 aromatic carbocycles. The van der Waals surface area contributed by atoms with Crippen molar-refractivity contribution in [3.8, 4) is 11.3 Å². The molecule has 0 aliphatic carbocycles. The molecule has 0 spiro atoms. The molecule has 7 heteroatoms. The third kappa shape index (κ3) is 4.56. The molecular weight excluding hydrogens is 382 g/mol. The van der Waals surface area contributed by atoms with E-state index >= 15 is 0 Å². The SMILES string of the molecule is C=CCN1C(=O)/C(=C/c2ccc(-c3ccc(CCC(=O)O)cc3)o2)SC1=S. The first-order chi connectivity index (χ1) is 13.0. The second-order valence-electron chi connectivity index (χ2n) is 5.87. The third-order valence-corrected chi connectivity index (χ3v) is 5.33. The first-order valence-electron chi connectivity index (χ1n) is 8.25. The van der Waals surface area contributed by atoms with Crippen molar-refractivity contribution >= 4 is 46.3 Å². The minimum atomic E-state index is -0.812. The second-order valence-corrected chi connectivity index (χ2v) is 7.55. The number of furan rings is 1. The number of thioether (sulfide) groups is 1. The van der Waals surface area contributed by atoms with Gasteiger partial charge in [-0.05, 0) is 24.1 Å². The highest BCUT2D eigenvalue weighted by atomic mass is 32.2. The van der Waals surface area contributed by atoms with Gasteiger partial charge in [0.1, 0.15) is 15.8 Å². The number of amides is 1. The summed E-state index contributed by atoms with van der Waals surface area (Å²) in [6, 6.07) is 11.2. The first kappa shape index (κ1) is 19.1. The highest BCUT2D eigenvalue weighted by molar-refractivity contribution is 8.26. The summed E-state index contributed by atoms with van der Waals surface area (Å²) in [7, 11) is 0. The Morgan fingerprint density at radius 2 is 2.00 bits per heavy atom. The molecule has 0 atom stereocenters. The average Bonchev–Trinajstić information content (AvgIpc) is 3.21. The number of thiocarbonyl (C=S) groups is 1. The van der Waals surface area contributed by atoms with E-state index in [1.807, 2.05) is 30.3 Å². The van der Waals surface area contributed by atoms with Gasteiger partial charge < -0.3 is 9.52 Å². The minimum absolute atomic E-state index is 0.105. The van der Waals surface area contributed by atoms with Crippen molar-refractivity contribution < 1.29 is 19.1 Å². The molecule has 1 aliphatic heterocycles. The number of benzene rings is 1. The number of hydrogen-bond acceptors (Lipinski definition) is 5. The van der Waals surface area contributed by atoms with Crippen LogP contribution in [0.25, 0.3) is 17.4 Å². The quantitative estimate of drug-likeness (QED) is 0.424. The zero-order chi connectivity index (χ0) is 19.4. The maximum Gasteiger partial charge on any atom is 0.303 e. The Labute approximate surface area is 166 Å². The lowest BCUT2D eigenvalue weighted by Gasteiger charge is -2.10. The van der Waals surface area contributed by atoms with Crippen molar-refractivity contribution in [1.82, 2.24) is 4.90 Å². The Kier molecular flexibility index (Phi) is 5.93. The van der Waals surface area contributed by atoms with Crippen molar-refractivity contribution in [2.75, 3.05) is 6.54 Å². The predicted octanol–water partition coefficient (Wildman–Crippen LogP) is 4.35. The maximum absolute atomic E-state index is 12.4. The molecule has 5 nitrogen and oxygen atoms in total. The molecule has 1 aromatic heterocycles. The van der Waals surface area contributed by atoms with Crippen molar-refractivity contribution in [2.45, 2.75) is 12.8 Å². The molecule has 0 saturated carbocycles. The van der Waals surface area contributed by atoms with Crippen LogP contribution >= 0.6 is 24.0 Å². The Balaban J connectivity index is 1.73. The summed E-state index contributed by atoms with van der Waals surface area (Å²) in [5.41, 5.74) is 1.84. The number of aryl methyl sites for hydroxylation is 1. The van der Waals surface area contributed by atoms with Crippen LogP contribution in [-0.2, 0) is 16.0 Å². The summed E-state index contributed by atoms with van der Waals surface area (Å²) < 4.78 is 6.34. The minimum Gasteiger partial charge on any atom is -0.481 e. The van der Waals surface area contributed by atoms with Crippen LogP contribution in [0.5, 0.6) is 0 Å². The van der Waals surface area contributed by atoms with Crippen LogP contribution in [0, 0.1) is 0 Å². The number of nitrogens with zero attached hydrogens (tertiary/aromatic N) is 1. The Morgan fingerprint density at radius 1 is 1.26 bits per heavy atom. The fourth-order valence-corrected chi connectivity index (χ4v) is 3.84. The maximum atomic E-state index is 12.4. The van der Waals surface area contributed by atoms with Gasteiger partial charge in [-0.15, -0.1) is 6.58 Å².